The first-order valence-electron chi connectivity index (χ1n) is 12.2. The van der Waals surface area contributed by atoms with Gasteiger partial charge >= 0.3 is 0 Å². The van der Waals surface area contributed by atoms with Gasteiger partial charge in [-0.3, -0.25) is 4.79 Å². The highest BCUT2D eigenvalue weighted by Gasteiger charge is 2.44. The van der Waals surface area contributed by atoms with Gasteiger partial charge in [-0.25, -0.2) is 12.7 Å². The molecule has 0 spiro atoms. The van der Waals surface area contributed by atoms with E-state index in [0.29, 0.717) is 0 Å². The van der Waals surface area contributed by atoms with E-state index in [9.17, 15) is 13.2 Å². The van der Waals surface area contributed by atoms with Gasteiger partial charge in [-0.15, -0.1) is 18.3 Å². The summed E-state index contributed by atoms with van der Waals surface area (Å²) in [6, 6.07) is 34.2. The average molecular weight is 540 g/mol. The van der Waals surface area contributed by atoms with Gasteiger partial charge < -0.3 is 0 Å². The summed E-state index contributed by atoms with van der Waals surface area (Å²) in [4.78, 5) is 15.6. The third-order valence-corrected chi connectivity index (χ3v) is 9.01. The smallest absolute Gasteiger partial charge is 0.270 e. The maximum atomic E-state index is 14.7. The van der Waals surface area contributed by atoms with E-state index < -0.39 is 20.7 Å². The van der Waals surface area contributed by atoms with Crippen LogP contribution in [-0.4, -0.2) is 19.1 Å². The number of aryl methyl sites for hydroxylation is 1. The van der Waals surface area contributed by atoms with E-state index >= 15 is 0 Å². The van der Waals surface area contributed by atoms with Crippen LogP contribution in [-0.2, 0) is 14.8 Å². The number of hydrogen-bond donors (Lipinski definition) is 0. The molecule has 0 bridgehead atoms. The highest BCUT2D eigenvalue weighted by atomic mass is 32.2. The minimum Gasteiger partial charge on any atom is -0.271 e. The van der Waals surface area contributed by atoms with Gasteiger partial charge in [0, 0.05) is 4.90 Å². The quantitative estimate of drug-likeness (QED) is 0.154. The summed E-state index contributed by atoms with van der Waals surface area (Å²) in [6.07, 6.45) is 5.52. The molecule has 0 aliphatic carbocycles. The molecule has 4 aromatic carbocycles. The molecule has 0 saturated heterocycles. The van der Waals surface area contributed by atoms with Crippen LogP contribution in [0.15, 0.2) is 144 Å². The molecule has 0 fully saturated rings. The van der Waals surface area contributed by atoms with E-state index in [1.165, 1.54) is 23.9 Å². The molecule has 6 heteroatoms. The van der Waals surface area contributed by atoms with E-state index in [0.717, 1.165) is 20.3 Å². The Bertz CT molecular complexity index is 1500. The Morgan fingerprint density at radius 1 is 0.842 bits per heavy atom. The number of amides is 1. The standard InChI is InChI=1S/C32H29NO3S2/c1-3-24-32(37-29-17-11-6-12-18-29,25-23-27-13-7-4-8-14-27)31(34)33(28-15-9-5-10-16-28)38(35,36)30-21-19-26(2)20-22-30/h3-23,25H,1,24H2,2H3/b25-23+. The first-order valence-corrected chi connectivity index (χ1v) is 14.4. The first kappa shape index (κ1) is 27.2. The van der Waals surface area contributed by atoms with Crippen molar-refractivity contribution in [2.75, 3.05) is 4.31 Å². The zero-order chi connectivity index (χ0) is 27.0. The van der Waals surface area contributed by atoms with Crippen LogP contribution in [0.4, 0.5) is 5.69 Å². The van der Waals surface area contributed by atoms with E-state index in [1.807, 2.05) is 73.7 Å². The molecule has 192 valence electrons. The van der Waals surface area contributed by atoms with Crippen molar-refractivity contribution in [3.8, 4) is 0 Å². The summed E-state index contributed by atoms with van der Waals surface area (Å²) in [5, 5.41) is 0. The van der Waals surface area contributed by atoms with E-state index in [2.05, 4.69) is 6.58 Å². The lowest BCUT2D eigenvalue weighted by Gasteiger charge is -2.34. The highest BCUT2D eigenvalue weighted by molar-refractivity contribution is 8.02. The van der Waals surface area contributed by atoms with Gasteiger partial charge in [-0.1, -0.05) is 103 Å². The number of carbonyl (C=O) groups is 1. The van der Waals surface area contributed by atoms with E-state index in [-0.39, 0.29) is 17.0 Å². The fraction of sp³-hybridized carbons (Fsp3) is 0.0938. The number of para-hydroxylation sites is 1. The Morgan fingerprint density at radius 3 is 1.97 bits per heavy atom. The summed E-state index contributed by atoms with van der Waals surface area (Å²) in [5.41, 5.74) is 2.09. The number of thioether (sulfide) groups is 1. The van der Waals surface area contributed by atoms with Crippen molar-refractivity contribution in [2.45, 2.75) is 27.9 Å². The zero-order valence-electron chi connectivity index (χ0n) is 21.1. The van der Waals surface area contributed by atoms with E-state index in [1.54, 1.807) is 54.6 Å². The maximum absolute atomic E-state index is 14.7. The molecule has 0 aromatic heterocycles. The van der Waals surface area contributed by atoms with Crippen LogP contribution in [0.1, 0.15) is 17.5 Å². The predicted molar refractivity (Wildman–Crippen MR) is 158 cm³/mol. The van der Waals surface area contributed by atoms with Gasteiger partial charge in [0.05, 0.1) is 10.6 Å². The van der Waals surface area contributed by atoms with Gasteiger partial charge in [-0.2, -0.15) is 0 Å². The lowest BCUT2D eigenvalue weighted by Crippen LogP contribution is -2.48. The molecule has 0 radical (unpaired) electrons. The van der Waals surface area contributed by atoms with Crippen molar-refractivity contribution in [1.82, 2.24) is 0 Å². The second-order valence-electron chi connectivity index (χ2n) is 8.76. The Hall–Kier alpha value is -3.87. The fourth-order valence-electron chi connectivity index (χ4n) is 3.97. The lowest BCUT2D eigenvalue weighted by atomic mass is 10.0. The molecule has 0 aliphatic rings. The number of benzene rings is 4. The fourth-order valence-corrected chi connectivity index (χ4v) is 6.73. The normalized spacial score (nSPS) is 13.1. The number of allylic oxidation sites excluding steroid dienone is 1. The van der Waals surface area contributed by atoms with Crippen molar-refractivity contribution in [3.05, 3.63) is 145 Å². The third kappa shape index (κ3) is 6.15. The molecule has 1 atom stereocenters. The highest BCUT2D eigenvalue weighted by Crippen LogP contribution is 2.42. The van der Waals surface area contributed by atoms with Gasteiger partial charge in [0.1, 0.15) is 4.75 Å². The predicted octanol–water partition coefficient (Wildman–Crippen LogP) is 7.54. The average Bonchev–Trinajstić information content (AvgIpc) is 2.94. The minimum atomic E-state index is -4.24. The van der Waals surface area contributed by atoms with Crippen LogP contribution in [0.3, 0.4) is 0 Å². The number of rotatable bonds is 10. The molecule has 38 heavy (non-hydrogen) atoms. The molecule has 0 N–H and O–H groups in total. The summed E-state index contributed by atoms with van der Waals surface area (Å²) < 4.78 is 27.9. The molecule has 4 nitrogen and oxygen atoms in total. The van der Waals surface area contributed by atoms with Crippen molar-refractivity contribution >= 4 is 39.5 Å². The maximum Gasteiger partial charge on any atom is 0.270 e. The van der Waals surface area contributed by atoms with Crippen LogP contribution in [0, 0.1) is 6.92 Å². The molecule has 0 heterocycles. The van der Waals surface area contributed by atoms with Crippen LogP contribution < -0.4 is 4.31 Å². The SMILES string of the molecule is C=CCC(/C=C/c1ccccc1)(Sc1ccccc1)C(=O)N(c1ccccc1)S(=O)(=O)c1ccc(C)cc1. The van der Waals surface area contributed by atoms with Crippen molar-refractivity contribution < 1.29 is 13.2 Å². The van der Waals surface area contributed by atoms with Crippen LogP contribution >= 0.6 is 11.8 Å². The van der Waals surface area contributed by atoms with Crippen LogP contribution in [0.25, 0.3) is 6.08 Å². The lowest BCUT2D eigenvalue weighted by molar-refractivity contribution is -0.118. The molecule has 4 aromatic rings. The van der Waals surface area contributed by atoms with Gasteiger partial charge in [0.25, 0.3) is 15.9 Å². The van der Waals surface area contributed by atoms with Crippen molar-refractivity contribution in [1.29, 1.82) is 0 Å². The largest absolute Gasteiger partial charge is 0.271 e. The first-order chi connectivity index (χ1) is 18.4. The minimum absolute atomic E-state index is 0.0459. The number of nitrogens with zero attached hydrogens (tertiary/aromatic N) is 1. The molecule has 0 saturated carbocycles. The van der Waals surface area contributed by atoms with Gasteiger partial charge in [0.2, 0.25) is 0 Å². The Labute approximate surface area is 229 Å². The molecule has 1 unspecified atom stereocenters. The molecule has 0 aliphatic heterocycles. The van der Waals surface area contributed by atoms with Crippen molar-refractivity contribution in [3.63, 3.8) is 0 Å². The monoisotopic (exact) mass is 539 g/mol. The third-order valence-electron chi connectivity index (χ3n) is 5.93. The van der Waals surface area contributed by atoms with E-state index in [4.69, 9.17) is 0 Å². The molecular formula is C32H29NO3S2. The van der Waals surface area contributed by atoms with Gasteiger partial charge in [0.15, 0.2) is 0 Å². The summed E-state index contributed by atoms with van der Waals surface area (Å²) >= 11 is 1.31. The number of carbonyl (C=O) groups excluding carboxylic acids is 1. The second-order valence-corrected chi connectivity index (χ2v) is 12.0. The van der Waals surface area contributed by atoms with Crippen molar-refractivity contribution in [2.24, 2.45) is 0 Å². The molecular weight excluding hydrogens is 510 g/mol. The Balaban J connectivity index is 1.92. The second kappa shape index (κ2) is 12.1. The molecule has 4 rings (SSSR count). The summed E-state index contributed by atoms with van der Waals surface area (Å²) in [6.45, 7) is 5.80. The summed E-state index contributed by atoms with van der Waals surface area (Å²) in [7, 11) is -4.24. The van der Waals surface area contributed by atoms with Crippen LogP contribution in [0.5, 0.6) is 0 Å². The number of hydrogen-bond acceptors (Lipinski definition) is 4. The topological polar surface area (TPSA) is 54.5 Å². The zero-order valence-corrected chi connectivity index (χ0v) is 22.7. The van der Waals surface area contributed by atoms with Gasteiger partial charge in [-0.05, 0) is 55.3 Å². The number of sulfonamides is 1. The Kier molecular flexibility index (Phi) is 8.66. The van der Waals surface area contributed by atoms with Crippen LogP contribution in [0.2, 0.25) is 0 Å². The molecule has 1 amide bonds. The number of anilines is 1. The Morgan fingerprint density at radius 2 is 1.39 bits per heavy atom. The summed E-state index contributed by atoms with van der Waals surface area (Å²) in [5.74, 6) is -0.579.